The average molecular weight is 460 g/mol. The average Bonchev–Trinajstić information content (AvgIpc) is 3.32. The Labute approximate surface area is 200 Å². The minimum Gasteiger partial charge on any atom is -0.467 e. The van der Waals surface area contributed by atoms with Crippen molar-refractivity contribution < 1.29 is 19.1 Å². The second-order valence-electron chi connectivity index (χ2n) is 8.99. The van der Waals surface area contributed by atoms with Gasteiger partial charge in [-0.2, -0.15) is 0 Å². The summed E-state index contributed by atoms with van der Waals surface area (Å²) >= 11 is 0. The molecule has 0 aliphatic carbocycles. The fourth-order valence-corrected chi connectivity index (χ4v) is 3.96. The van der Waals surface area contributed by atoms with Crippen molar-refractivity contribution in [1.29, 1.82) is 0 Å². The predicted molar refractivity (Wildman–Crippen MR) is 135 cm³/mol. The Morgan fingerprint density at radius 1 is 0.818 bits per heavy atom. The quantitative estimate of drug-likeness (QED) is 0.195. The van der Waals surface area contributed by atoms with Gasteiger partial charge in [0, 0.05) is 18.2 Å². The number of ether oxygens (including phenoxy) is 2. The van der Waals surface area contributed by atoms with E-state index in [4.69, 9.17) is 14.0 Å². The van der Waals surface area contributed by atoms with E-state index in [1.165, 1.54) is 83.5 Å². The first-order valence-electron chi connectivity index (χ1n) is 13.2. The van der Waals surface area contributed by atoms with Gasteiger partial charge in [-0.3, -0.25) is 0 Å². The topological polar surface area (TPSA) is 64.7 Å². The van der Waals surface area contributed by atoms with Crippen LogP contribution in [-0.2, 0) is 4.74 Å². The summed E-state index contributed by atoms with van der Waals surface area (Å²) in [5.74, 6) is 1.01. The third kappa shape index (κ3) is 12.8. The van der Waals surface area contributed by atoms with Gasteiger partial charge in [-0.15, -0.1) is 0 Å². The maximum atomic E-state index is 9.57. The lowest BCUT2D eigenvalue weighted by Gasteiger charge is -2.14. The van der Waals surface area contributed by atoms with Crippen LogP contribution in [0, 0.1) is 0 Å². The number of rotatable bonds is 21. The molecule has 0 fully saturated rings. The summed E-state index contributed by atoms with van der Waals surface area (Å²) in [5, 5.41) is 13.5. The van der Waals surface area contributed by atoms with Crippen LogP contribution in [0.25, 0.3) is 11.3 Å². The molecule has 0 unspecified atom stereocenters. The molecule has 1 atom stereocenters. The molecular formula is C28H45NO4. The van der Waals surface area contributed by atoms with Gasteiger partial charge in [-0.05, 0) is 11.6 Å². The fourth-order valence-electron chi connectivity index (χ4n) is 3.96. The zero-order valence-corrected chi connectivity index (χ0v) is 20.7. The molecule has 0 saturated heterocycles. The number of nitrogens with zero attached hydrogens (tertiary/aromatic N) is 1. The highest BCUT2D eigenvalue weighted by molar-refractivity contribution is 5.57. The standard InChI is InChI=1S/C28H45NO4/c1-2-3-4-5-6-7-8-9-10-11-12-13-14-18-21-31-24-26(23-30)32-28-22-27(33-29-28)25-19-16-15-17-20-25/h15-17,19-20,22,26,30H,2-14,18,21,23-24H2,1H3/t26-/m0/s1. The van der Waals surface area contributed by atoms with Crippen LogP contribution < -0.4 is 4.74 Å². The van der Waals surface area contributed by atoms with Crippen LogP contribution in [0.5, 0.6) is 5.88 Å². The van der Waals surface area contributed by atoms with Crippen molar-refractivity contribution in [3.63, 3.8) is 0 Å². The Hall–Kier alpha value is -1.85. The Kier molecular flexibility index (Phi) is 15.4. The number of aromatic nitrogens is 1. The minimum atomic E-state index is -0.439. The van der Waals surface area contributed by atoms with Crippen LogP contribution in [0.3, 0.4) is 0 Å². The normalized spacial score (nSPS) is 12.2. The van der Waals surface area contributed by atoms with E-state index >= 15 is 0 Å². The molecule has 0 amide bonds. The van der Waals surface area contributed by atoms with Crippen LogP contribution in [-0.4, -0.2) is 36.2 Å². The summed E-state index contributed by atoms with van der Waals surface area (Å²) in [7, 11) is 0. The first kappa shape index (κ1) is 27.4. The van der Waals surface area contributed by atoms with Gasteiger partial charge in [0.15, 0.2) is 5.76 Å². The third-order valence-electron chi connectivity index (χ3n) is 5.98. The minimum absolute atomic E-state index is 0.119. The fraction of sp³-hybridized carbons (Fsp3) is 0.679. The zero-order valence-electron chi connectivity index (χ0n) is 20.7. The number of hydrogen-bond donors (Lipinski definition) is 1. The van der Waals surface area contributed by atoms with Gasteiger partial charge >= 0.3 is 0 Å². The molecule has 0 spiro atoms. The van der Waals surface area contributed by atoms with E-state index in [1.54, 1.807) is 6.07 Å². The molecule has 0 radical (unpaired) electrons. The Balaban J connectivity index is 1.41. The second-order valence-corrected chi connectivity index (χ2v) is 8.99. The SMILES string of the molecule is CCCCCCCCCCCCCCCCOC[C@H](CO)Oc1cc(-c2ccccc2)on1. The maximum absolute atomic E-state index is 9.57. The van der Waals surface area contributed by atoms with Crippen molar-refractivity contribution in [3.05, 3.63) is 36.4 Å². The Morgan fingerprint density at radius 2 is 1.39 bits per heavy atom. The number of benzene rings is 1. The zero-order chi connectivity index (χ0) is 23.4. The molecule has 2 rings (SSSR count). The lowest BCUT2D eigenvalue weighted by molar-refractivity contribution is 0.0153. The van der Waals surface area contributed by atoms with Crippen LogP contribution in [0.2, 0.25) is 0 Å². The Bertz CT molecular complexity index is 688. The molecule has 1 aromatic heterocycles. The van der Waals surface area contributed by atoms with Crippen molar-refractivity contribution in [2.24, 2.45) is 0 Å². The van der Waals surface area contributed by atoms with Gasteiger partial charge in [0.2, 0.25) is 0 Å². The highest BCUT2D eigenvalue weighted by Crippen LogP contribution is 2.23. The molecule has 0 aliphatic rings. The van der Waals surface area contributed by atoms with Crippen LogP contribution >= 0.6 is 0 Å². The number of hydrogen-bond acceptors (Lipinski definition) is 5. The van der Waals surface area contributed by atoms with Gasteiger partial charge in [-0.1, -0.05) is 121 Å². The van der Waals surface area contributed by atoms with Gasteiger partial charge in [0.05, 0.1) is 13.2 Å². The summed E-state index contributed by atoms with van der Waals surface area (Å²) in [6.45, 7) is 3.21. The molecule has 5 nitrogen and oxygen atoms in total. The molecule has 0 aliphatic heterocycles. The van der Waals surface area contributed by atoms with Gasteiger partial charge in [-0.25, -0.2) is 0 Å². The number of unbranched alkanes of at least 4 members (excludes halogenated alkanes) is 13. The molecule has 0 bridgehead atoms. The summed E-state index contributed by atoms with van der Waals surface area (Å²) in [6.07, 6.45) is 18.4. The summed E-state index contributed by atoms with van der Waals surface area (Å²) in [6, 6.07) is 11.5. The highest BCUT2D eigenvalue weighted by atomic mass is 16.6. The maximum Gasteiger partial charge on any atom is 0.255 e. The lowest BCUT2D eigenvalue weighted by Crippen LogP contribution is -2.27. The van der Waals surface area contributed by atoms with Crippen LogP contribution in [0.15, 0.2) is 40.9 Å². The van der Waals surface area contributed by atoms with Gasteiger partial charge < -0.3 is 19.1 Å². The molecular weight excluding hydrogens is 414 g/mol. The van der Waals surface area contributed by atoms with E-state index in [-0.39, 0.29) is 6.61 Å². The van der Waals surface area contributed by atoms with Crippen molar-refractivity contribution >= 4 is 0 Å². The predicted octanol–water partition coefficient (Wildman–Crippen LogP) is 7.58. The molecule has 1 N–H and O–H groups in total. The van der Waals surface area contributed by atoms with Gasteiger partial charge in [0.25, 0.3) is 5.88 Å². The monoisotopic (exact) mass is 459 g/mol. The molecule has 1 heterocycles. The van der Waals surface area contributed by atoms with E-state index in [1.807, 2.05) is 30.3 Å². The lowest BCUT2D eigenvalue weighted by atomic mass is 10.0. The van der Waals surface area contributed by atoms with E-state index in [2.05, 4.69) is 12.1 Å². The molecule has 33 heavy (non-hydrogen) atoms. The highest BCUT2D eigenvalue weighted by Gasteiger charge is 2.14. The van der Waals surface area contributed by atoms with E-state index in [0.717, 1.165) is 12.0 Å². The van der Waals surface area contributed by atoms with Gasteiger partial charge in [0.1, 0.15) is 6.10 Å². The van der Waals surface area contributed by atoms with Crippen molar-refractivity contribution in [3.8, 4) is 17.2 Å². The number of aliphatic hydroxyl groups is 1. The Morgan fingerprint density at radius 3 is 1.97 bits per heavy atom. The summed E-state index contributed by atoms with van der Waals surface area (Å²) in [4.78, 5) is 0. The second kappa shape index (κ2) is 18.6. The van der Waals surface area contributed by atoms with Crippen LogP contribution in [0.4, 0.5) is 0 Å². The number of aliphatic hydroxyl groups excluding tert-OH is 1. The van der Waals surface area contributed by atoms with Crippen molar-refractivity contribution in [2.75, 3.05) is 19.8 Å². The van der Waals surface area contributed by atoms with E-state index < -0.39 is 6.10 Å². The largest absolute Gasteiger partial charge is 0.467 e. The summed E-state index contributed by atoms with van der Waals surface area (Å²) < 4.78 is 16.8. The smallest absolute Gasteiger partial charge is 0.255 e. The molecule has 1 aromatic carbocycles. The molecule has 2 aromatic rings. The van der Waals surface area contributed by atoms with Crippen LogP contribution in [0.1, 0.15) is 96.8 Å². The molecule has 5 heteroatoms. The van der Waals surface area contributed by atoms with Crippen molar-refractivity contribution in [2.45, 2.75) is 103 Å². The first-order chi connectivity index (χ1) is 16.3. The third-order valence-corrected chi connectivity index (χ3v) is 5.98. The van der Waals surface area contributed by atoms with E-state index in [9.17, 15) is 5.11 Å². The molecule has 186 valence electrons. The van der Waals surface area contributed by atoms with Crippen molar-refractivity contribution in [1.82, 2.24) is 5.16 Å². The first-order valence-corrected chi connectivity index (χ1v) is 13.2. The molecule has 0 saturated carbocycles. The summed E-state index contributed by atoms with van der Waals surface area (Å²) in [5.41, 5.74) is 0.939. The van der Waals surface area contributed by atoms with E-state index in [0.29, 0.717) is 24.9 Å².